The minimum absolute atomic E-state index is 0.0485. The van der Waals surface area contributed by atoms with Gasteiger partial charge >= 0.3 is 0 Å². The lowest BCUT2D eigenvalue weighted by Gasteiger charge is -2.17. The molecule has 0 fully saturated rings. The Kier molecular flexibility index (Phi) is 5.20. The zero-order valence-corrected chi connectivity index (χ0v) is 12.4. The van der Waals surface area contributed by atoms with Gasteiger partial charge < -0.3 is 16.4 Å². The molecule has 4 N–H and O–H groups in total. The van der Waals surface area contributed by atoms with Crippen LogP contribution in [-0.4, -0.2) is 27.8 Å². The molecule has 19 heavy (non-hydrogen) atoms. The molecule has 0 aromatic carbocycles. The number of nitrogen functional groups attached to an aromatic ring is 1. The van der Waals surface area contributed by atoms with Crippen molar-refractivity contribution in [2.24, 2.45) is 7.05 Å². The lowest BCUT2D eigenvalue weighted by Crippen LogP contribution is -2.41. The van der Waals surface area contributed by atoms with Crippen LogP contribution in [0.15, 0.2) is 0 Å². The van der Waals surface area contributed by atoms with Gasteiger partial charge in [0.2, 0.25) is 5.91 Å². The molecule has 1 aromatic heterocycles. The van der Waals surface area contributed by atoms with Gasteiger partial charge in [0, 0.05) is 13.1 Å². The number of hydrogen-bond acceptors (Lipinski definition) is 4. The van der Waals surface area contributed by atoms with Crippen LogP contribution in [0, 0.1) is 0 Å². The van der Waals surface area contributed by atoms with Gasteiger partial charge in [-0.2, -0.15) is 5.10 Å². The van der Waals surface area contributed by atoms with E-state index < -0.39 is 0 Å². The number of amides is 1. The molecule has 1 heterocycles. The lowest BCUT2D eigenvalue weighted by atomic mass is 10.2. The van der Waals surface area contributed by atoms with Gasteiger partial charge in [-0.1, -0.05) is 13.3 Å². The van der Waals surface area contributed by atoms with E-state index in [-0.39, 0.29) is 18.0 Å². The summed E-state index contributed by atoms with van der Waals surface area (Å²) in [6.07, 6.45) is 1.83. The fourth-order valence-corrected chi connectivity index (χ4v) is 1.87. The zero-order valence-electron chi connectivity index (χ0n) is 12.4. The molecule has 0 aliphatic rings. The van der Waals surface area contributed by atoms with Crippen molar-refractivity contribution >= 4 is 17.4 Å². The van der Waals surface area contributed by atoms with Crippen LogP contribution in [0.5, 0.6) is 0 Å². The van der Waals surface area contributed by atoms with E-state index in [1.165, 1.54) is 0 Å². The molecule has 0 saturated carbocycles. The minimum atomic E-state index is -0.352. The van der Waals surface area contributed by atoms with Gasteiger partial charge in [0.05, 0.1) is 11.4 Å². The summed E-state index contributed by atoms with van der Waals surface area (Å²) in [5, 5.41) is 10.4. The SMILES string of the molecule is CCCc1nn(C)c(NC(C)C(=O)NC(C)C)c1N. The van der Waals surface area contributed by atoms with Crippen molar-refractivity contribution in [3.63, 3.8) is 0 Å². The molecular formula is C13H25N5O. The van der Waals surface area contributed by atoms with Gasteiger partial charge in [0.1, 0.15) is 11.9 Å². The minimum Gasteiger partial charge on any atom is -0.394 e. The molecule has 1 atom stereocenters. The molecule has 0 aliphatic carbocycles. The van der Waals surface area contributed by atoms with E-state index >= 15 is 0 Å². The topological polar surface area (TPSA) is 85.0 Å². The molecule has 1 amide bonds. The third-order valence-corrected chi connectivity index (χ3v) is 2.82. The Hall–Kier alpha value is -1.72. The van der Waals surface area contributed by atoms with Crippen LogP contribution in [0.25, 0.3) is 0 Å². The molecular weight excluding hydrogens is 242 g/mol. The molecule has 0 bridgehead atoms. The molecule has 0 radical (unpaired) electrons. The van der Waals surface area contributed by atoms with E-state index in [1.54, 1.807) is 4.68 Å². The van der Waals surface area contributed by atoms with Crippen LogP contribution in [0.2, 0.25) is 0 Å². The van der Waals surface area contributed by atoms with E-state index in [0.717, 1.165) is 18.5 Å². The Balaban J connectivity index is 2.79. The first-order valence-corrected chi connectivity index (χ1v) is 6.75. The Bertz CT molecular complexity index is 438. The highest BCUT2D eigenvalue weighted by molar-refractivity contribution is 5.85. The first kappa shape index (κ1) is 15.3. The van der Waals surface area contributed by atoms with Gasteiger partial charge in [-0.3, -0.25) is 9.48 Å². The third kappa shape index (κ3) is 3.87. The second kappa shape index (κ2) is 6.45. The zero-order chi connectivity index (χ0) is 14.6. The van der Waals surface area contributed by atoms with E-state index in [1.807, 2.05) is 27.8 Å². The summed E-state index contributed by atoms with van der Waals surface area (Å²) >= 11 is 0. The summed E-state index contributed by atoms with van der Waals surface area (Å²) in [4.78, 5) is 11.9. The standard InChI is InChI=1S/C13H25N5O/c1-6-7-10-11(14)12(18(5)17-10)16-9(4)13(19)15-8(2)3/h8-9,16H,6-7,14H2,1-5H3,(H,15,19). The first-order valence-electron chi connectivity index (χ1n) is 6.75. The Morgan fingerprint density at radius 3 is 2.58 bits per heavy atom. The number of nitrogens with zero attached hydrogens (tertiary/aromatic N) is 2. The Morgan fingerprint density at radius 2 is 2.05 bits per heavy atom. The number of nitrogens with one attached hydrogen (secondary N) is 2. The van der Waals surface area contributed by atoms with Gasteiger partial charge in [0.25, 0.3) is 0 Å². The van der Waals surface area contributed by atoms with Crippen LogP contribution in [0.1, 0.15) is 39.8 Å². The highest BCUT2D eigenvalue weighted by atomic mass is 16.2. The van der Waals surface area contributed by atoms with Crippen LogP contribution >= 0.6 is 0 Å². The summed E-state index contributed by atoms with van der Waals surface area (Å²) in [7, 11) is 1.82. The summed E-state index contributed by atoms with van der Waals surface area (Å²) in [5.74, 6) is 0.655. The van der Waals surface area contributed by atoms with Crippen LogP contribution in [0.3, 0.4) is 0 Å². The van der Waals surface area contributed by atoms with Crippen LogP contribution in [-0.2, 0) is 18.3 Å². The molecule has 0 aliphatic heterocycles. The highest BCUT2D eigenvalue weighted by Crippen LogP contribution is 2.23. The summed E-state index contributed by atoms with van der Waals surface area (Å²) < 4.78 is 1.69. The molecule has 1 rings (SSSR count). The molecule has 0 saturated heterocycles. The van der Waals surface area contributed by atoms with Crippen molar-refractivity contribution in [1.29, 1.82) is 0 Å². The average molecular weight is 267 g/mol. The van der Waals surface area contributed by atoms with E-state index in [4.69, 9.17) is 5.73 Å². The van der Waals surface area contributed by atoms with Crippen LogP contribution in [0.4, 0.5) is 11.5 Å². The number of hydrogen-bond donors (Lipinski definition) is 3. The predicted molar refractivity (Wildman–Crippen MR) is 78.0 cm³/mol. The lowest BCUT2D eigenvalue weighted by molar-refractivity contribution is -0.122. The second-order valence-corrected chi connectivity index (χ2v) is 5.11. The quantitative estimate of drug-likeness (QED) is 0.725. The maximum Gasteiger partial charge on any atom is 0.242 e. The van der Waals surface area contributed by atoms with Crippen molar-refractivity contribution in [1.82, 2.24) is 15.1 Å². The fraction of sp³-hybridized carbons (Fsp3) is 0.692. The second-order valence-electron chi connectivity index (χ2n) is 5.11. The van der Waals surface area contributed by atoms with Crippen molar-refractivity contribution in [3.8, 4) is 0 Å². The largest absolute Gasteiger partial charge is 0.394 e. The maximum absolute atomic E-state index is 11.9. The molecule has 6 heteroatoms. The number of rotatable bonds is 6. The van der Waals surface area contributed by atoms with E-state index in [0.29, 0.717) is 11.5 Å². The maximum atomic E-state index is 11.9. The smallest absolute Gasteiger partial charge is 0.242 e. The van der Waals surface area contributed by atoms with Gasteiger partial charge in [0.15, 0.2) is 0 Å². The summed E-state index contributed by atoms with van der Waals surface area (Å²) in [5.41, 5.74) is 7.57. The summed E-state index contributed by atoms with van der Waals surface area (Å²) in [6, 6.07) is -0.231. The van der Waals surface area contributed by atoms with E-state index in [9.17, 15) is 4.79 Å². The van der Waals surface area contributed by atoms with Gasteiger partial charge in [-0.25, -0.2) is 0 Å². The van der Waals surface area contributed by atoms with Crippen molar-refractivity contribution < 1.29 is 4.79 Å². The van der Waals surface area contributed by atoms with Gasteiger partial charge in [-0.05, 0) is 27.2 Å². The average Bonchev–Trinajstić information content (AvgIpc) is 2.56. The molecule has 108 valence electrons. The predicted octanol–water partition coefficient (Wildman–Crippen LogP) is 1.28. The Morgan fingerprint density at radius 1 is 1.42 bits per heavy atom. The highest BCUT2D eigenvalue weighted by Gasteiger charge is 2.18. The number of nitrogens with two attached hydrogens (primary N) is 1. The normalized spacial score (nSPS) is 12.5. The fourth-order valence-electron chi connectivity index (χ4n) is 1.87. The van der Waals surface area contributed by atoms with Crippen molar-refractivity contribution in [3.05, 3.63) is 5.69 Å². The monoisotopic (exact) mass is 267 g/mol. The Labute approximate surface area is 114 Å². The van der Waals surface area contributed by atoms with E-state index in [2.05, 4.69) is 22.7 Å². The number of carbonyl (C=O) groups excluding carboxylic acids is 1. The molecule has 1 aromatic rings. The number of carbonyl (C=O) groups is 1. The van der Waals surface area contributed by atoms with Crippen molar-refractivity contribution in [2.75, 3.05) is 11.1 Å². The van der Waals surface area contributed by atoms with Crippen LogP contribution < -0.4 is 16.4 Å². The summed E-state index contributed by atoms with van der Waals surface area (Å²) in [6.45, 7) is 7.76. The third-order valence-electron chi connectivity index (χ3n) is 2.82. The molecule has 0 spiro atoms. The number of aromatic nitrogens is 2. The number of anilines is 2. The molecule has 6 nitrogen and oxygen atoms in total. The van der Waals surface area contributed by atoms with Crippen molar-refractivity contribution in [2.45, 2.75) is 52.6 Å². The first-order chi connectivity index (χ1) is 8.86. The van der Waals surface area contributed by atoms with Gasteiger partial charge in [-0.15, -0.1) is 0 Å². The number of aryl methyl sites for hydroxylation is 2. The molecule has 1 unspecified atom stereocenters.